The van der Waals surface area contributed by atoms with Crippen LogP contribution in [0.2, 0.25) is 0 Å². The van der Waals surface area contributed by atoms with Crippen LogP contribution in [0.5, 0.6) is 5.75 Å². The van der Waals surface area contributed by atoms with Gasteiger partial charge in [-0.05, 0) is 49.4 Å². The fourth-order valence-corrected chi connectivity index (χ4v) is 3.77. The predicted molar refractivity (Wildman–Crippen MR) is 98.2 cm³/mol. The SMILES string of the molecule is COCC(=O)NC1(CC2CC2)CCN(C(=O)c2ccc(OC)cc2)CC1. The van der Waals surface area contributed by atoms with Gasteiger partial charge in [-0.2, -0.15) is 0 Å². The first-order valence-electron chi connectivity index (χ1n) is 9.28. The zero-order valence-corrected chi connectivity index (χ0v) is 15.6. The Hall–Kier alpha value is -2.08. The normalized spacial score (nSPS) is 19.1. The number of likely N-dealkylation sites (tertiary alicyclic amines) is 1. The van der Waals surface area contributed by atoms with Crippen molar-refractivity contribution in [2.75, 3.05) is 33.9 Å². The Morgan fingerprint density at radius 1 is 1.15 bits per heavy atom. The van der Waals surface area contributed by atoms with E-state index in [-0.39, 0.29) is 24.0 Å². The average Bonchev–Trinajstić information content (AvgIpc) is 3.46. The Balaban J connectivity index is 1.62. The van der Waals surface area contributed by atoms with Crippen LogP contribution in [0.3, 0.4) is 0 Å². The summed E-state index contributed by atoms with van der Waals surface area (Å²) in [5, 5.41) is 3.20. The van der Waals surface area contributed by atoms with Crippen molar-refractivity contribution in [2.24, 2.45) is 5.92 Å². The topological polar surface area (TPSA) is 67.9 Å². The van der Waals surface area contributed by atoms with Gasteiger partial charge in [0.1, 0.15) is 12.4 Å². The fourth-order valence-electron chi connectivity index (χ4n) is 3.77. The molecule has 0 spiro atoms. The highest BCUT2D eigenvalue weighted by Gasteiger charge is 2.41. The molecule has 6 nitrogen and oxygen atoms in total. The summed E-state index contributed by atoms with van der Waals surface area (Å²) in [4.78, 5) is 26.7. The van der Waals surface area contributed by atoms with Crippen LogP contribution in [0.4, 0.5) is 0 Å². The summed E-state index contributed by atoms with van der Waals surface area (Å²) in [5.41, 5.74) is 0.469. The van der Waals surface area contributed by atoms with Crippen LogP contribution < -0.4 is 10.1 Å². The number of carbonyl (C=O) groups excluding carboxylic acids is 2. The van der Waals surface area contributed by atoms with E-state index in [1.165, 1.54) is 20.0 Å². The Labute approximate surface area is 154 Å². The van der Waals surface area contributed by atoms with Crippen molar-refractivity contribution in [3.05, 3.63) is 29.8 Å². The molecule has 1 saturated carbocycles. The summed E-state index contributed by atoms with van der Waals surface area (Å²) >= 11 is 0. The quantitative estimate of drug-likeness (QED) is 0.810. The molecule has 0 unspecified atom stereocenters. The number of carbonyl (C=O) groups is 2. The molecule has 2 aliphatic rings. The number of ether oxygens (including phenoxy) is 2. The highest BCUT2D eigenvalue weighted by molar-refractivity contribution is 5.94. The number of nitrogens with zero attached hydrogens (tertiary/aromatic N) is 1. The first kappa shape index (κ1) is 18.7. The average molecular weight is 360 g/mol. The second-order valence-corrected chi connectivity index (χ2v) is 7.43. The van der Waals surface area contributed by atoms with Gasteiger partial charge >= 0.3 is 0 Å². The predicted octanol–water partition coefficient (Wildman–Crippen LogP) is 2.23. The molecule has 1 aliphatic carbocycles. The summed E-state index contributed by atoms with van der Waals surface area (Å²) in [6.07, 6.45) is 5.08. The lowest BCUT2D eigenvalue weighted by Gasteiger charge is -2.42. The molecule has 1 aromatic rings. The molecule has 2 amide bonds. The van der Waals surface area contributed by atoms with E-state index in [4.69, 9.17) is 9.47 Å². The van der Waals surface area contributed by atoms with Crippen LogP contribution in [-0.2, 0) is 9.53 Å². The molecule has 6 heteroatoms. The summed E-state index contributed by atoms with van der Waals surface area (Å²) in [7, 11) is 3.14. The molecule has 0 radical (unpaired) electrons. The first-order chi connectivity index (χ1) is 12.5. The van der Waals surface area contributed by atoms with E-state index in [1.54, 1.807) is 31.4 Å². The Morgan fingerprint density at radius 3 is 2.35 bits per heavy atom. The van der Waals surface area contributed by atoms with Crippen LogP contribution in [0.15, 0.2) is 24.3 Å². The van der Waals surface area contributed by atoms with Crippen molar-refractivity contribution in [3.8, 4) is 5.75 Å². The van der Waals surface area contributed by atoms with E-state index in [0.717, 1.165) is 25.0 Å². The smallest absolute Gasteiger partial charge is 0.253 e. The minimum absolute atomic E-state index is 0.0379. The van der Waals surface area contributed by atoms with Crippen LogP contribution >= 0.6 is 0 Å². The molecule has 142 valence electrons. The lowest BCUT2D eigenvalue weighted by Crippen LogP contribution is -2.57. The number of amides is 2. The largest absolute Gasteiger partial charge is 0.497 e. The van der Waals surface area contributed by atoms with Crippen molar-refractivity contribution in [2.45, 2.75) is 37.6 Å². The number of rotatable bonds is 7. The molecule has 1 saturated heterocycles. The van der Waals surface area contributed by atoms with Gasteiger partial charge < -0.3 is 19.7 Å². The van der Waals surface area contributed by atoms with Crippen LogP contribution in [0.25, 0.3) is 0 Å². The molecule has 0 bridgehead atoms. The van der Waals surface area contributed by atoms with Gasteiger partial charge in [-0.3, -0.25) is 9.59 Å². The Morgan fingerprint density at radius 2 is 1.81 bits per heavy atom. The second kappa shape index (κ2) is 8.08. The lowest BCUT2D eigenvalue weighted by molar-refractivity contribution is -0.127. The van der Waals surface area contributed by atoms with Crippen molar-refractivity contribution in [1.29, 1.82) is 0 Å². The standard InChI is InChI=1S/C20H28N2O4/c1-25-14-18(23)21-20(13-15-3-4-15)9-11-22(12-10-20)19(24)16-5-7-17(26-2)8-6-16/h5-8,15H,3-4,9-14H2,1-2H3,(H,21,23). The zero-order chi connectivity index (χ0) is 18.6. The number of hydrogen-bond donors (Lipinski definition) is 1. The minimum atomic E-state index is -0.201. The van der Waals surface area contributed by atoms with Crippen molar-refractivity contribution < 1.29 is 19.1 Å². The van der Waals surface area contributed by atoms with Gasteiger partial charge in [0, 0.05) is 31.3 Å². The van der Waals surface area contributed by atoms with Gasteiger partial charge in [-0.1, -0.05) is 12.8 Å². The van der Waals surface area contributed by atoms with Gasteiger partial charge in [-0.15, -0.1) is 0 Å². The molecule has 0 atom stereocenters. The fraction of sp³-hybridized carbons (Fsp3) is 0.600. The zero-order valence-electron chi connectivity index (χ0n) is 15.6. The maximum absolute atomic E-state index is 12.7. The van der Waals surface area contributed by atoms with Crippen LogP contribution in [-0.4, -0.2) is 56.2 Å². The molecule has 1 aliphatic heterocycles. The first-order valence-corrected chi connectivity index (χ1v) is 9.28. The summed E-state index contributed by atoms with van der Waals surface area (Å²) < 4.78 is 10.1. The molecular formula is C20H28N2O4. The maximum Gasteiger partial charge on any atom is 0.253 e. The monoisotopic (exact) mass is 360 g/mol. The summed E-state index contributed by atoms with van der Waals surface area (Å²) in [6, 6.07) is 7.21. The third-order valence-corrected chi connectivity index (χ3v) is 5.40. The van der Waals surface area contributed by atoms with E-state index in [0.29, 0.717) is 24.6 Å². The van der Waals surface area contributed by atoms with Crippen LogP contribution in [0.1, 0.15) is 42.5 Å². The number of hydrogen-bond acceptors (Lipinski definition) is 4. The highest BCUT2D eigenvalue weighted by atomic mass is 16.5. The van der Waals surface area contributed by atoms with Gasteiger partial charge in [0.05, 0.1) is 7.11 Å². The maximum atomic E-state index is 12.7. The third kappa shape index (κ3) is 4.55. The van der Waals surface area contributed by atoms with Crippen molar-refractivity contribution >= 4 is 11.8 Å². The van der Waals surface area contributed by atoms with Gasteiger partial charge in [0.15, 0.2) is 0 Å². The molecule has 3 rings (SSSR count). The number of methoxy groups -OCH3 is 2. The van der Waals surface area contributed by atoms with Crippen LogP contribution in [0, 0.1) is 5.92 Å². The molecule has 1 N–H and O–H groups in total. The molecule has 1 aromatic carbocycles. The highest BCUT2D eigenvalue weighted by Crippen LogP contribution is 2.40. The molecule has 26 heavy (non-hydrogen) atoms. The summed E-state index contributed by atoms with van der Waals surface area (Å²) in [5.74, 6) is 1.42. The van der Waals surface area contributed by atoms with Gasteiger partial charge in [0.2, 0.25) is 5.91 Å². The molecule has 2 fully saturated rings. The molecule has 1 heterocycles. The molecule has 0 aromatic heterocycles. The van der Waals surface area contributed by atoms with Gasteiger partial charge in [0.25, 0.3) is 5.91 Å². The van der Waals surface area contributed by atoms with E-state index in [9.17, 15) is 9.59 Å². The van der Waals surface area contributed by atoms with E-state index < -0.39 is 0 Å². The summed E-state index contributed by atoms with van der Waals surface area (Å²) in [6.45, 7) is 1.40. The Kier molecular flexibility index (Phi) is 5.81. The number of piperidine rings is 1. The van der Waals surface area contributed by atoms with Crippen molar-refractivity contribution in [3.63, 3.8) is 0 Å². The minimum Gasteiger partial charge on any atom is -0.497 e. The lowest BCUT2D eigenvalue weighted by atomic mass is 9.82. The Bertz CT molecular complexity index is 632. The van der Waals surface area contributed by atoms with Crippen molar-refractivity contribution in [1.82, 2.24) is 10.2 Å². The van der Waals surface area contributed by atoms with E-state index >= 15 is 0 Å². The molecular weight excluding hydrogens is 332 g/mol. The van der Waals surface area contributed by atoms with Gasteiger partial charge in [-0.25, -0.2) is 0 Å². The second-order valence-electron chi connectivity index (χ2n) is 7.43. The van der Waals surface area contributed by atoms with E-state index in [1.807, 2.05) is 4.90 Å². The third-order valence-electron chi connectivity index (χ3n) is 5.40. The number of nitrogens with one attached hydrogen (secondary N) is 1. The number of benzene rings is 1. The van der Waals surface area contributed by atoms with E-state index in [2.05, 4.69) is 5.32 Å².